The van der Waals surface area contributed by atoms with Crippen LogP contribution in [-0.4, -0.2) is 50.7 Å². The lowest BCUT2D eigenvalue weighted by Crippen LogP contribution is -2.49. The Balaban J connectivity index is 4.18. The molecule has 4 unspecified atom stereocenters. The molecular formula is C6H13NO5. The molecule has 72 valence electrons. The zero-order valence-corrected chi connectivity index (χ0v) is 6.58. The van der Waals surface area contributed by atoms with Gasteiger partial charge in [0.05, 0.1) is 6.10 Å². The molecule has 0 aliphatic carbocycles. The molecule has 0 saturated heterocycles. The van der Waals surface area contributed by atoms with Gasteiger partial charge in [0.25, 0.3) is 0 Å². The van der Waals surface area contributed by atoms with E-state index in [0.717, 1.165) is 0 Å². The third kappa shape index (κ3) is 2.74. The van der Waals surface area contributed by atoms with Crippen LogP contribution in [0.2, 0.25) is 0 Å². The van der Waals surface area contributed by atoms with Crippen LogP contribution < -0.4 is 5.73 Å². The largest absolute Gasteiger partial charge is 0.479 e. The van der Waals surface area contributed by atoms with Crippen molar-refractivity contribution in [3.63, 3.8) is 0 Å². The van der Waals surface area contributed by atoms with Gasteiger partial charge < -0.3 is 26.2 Å². The number of aliphatic hydroxyl groups is 3. The van der Waals surface area contributed by atoms with E-state index >= 15 is 0 Å². The van der Waals surface area contributed by atoms with Crippen molar-refractivity contribution in [2.45, 2.75) is 31.3 Å². The average molecular weight is 179 g/mol. The minimum atomic E-state index is -2.01. The second kappa shape index (κ2) is 4.36. The predicted octanol–water partition coefficient (Wildman–Crippen LogP) is -2.50. The van der Waals surface area contributed by atoms with Gasteiger partial charge in [-0.1, -0.05) is 0 Å². The zero-order chi connectivity index (χ0) is 9.89. The molecule has 6 N–H and O–H groups in total. The smallest absolute Gasteiger partial charge is 0.335 e. The summed E-state index contributed by atoms with van der Waals surface area (Å²) in [5.41, 5.74) is 5.16. The minimum Gasteiger partial charge on any atom is -0.479 e. The Labute approximate surface area is 69.2 Å². The quantitative estimate of drug-likeness (QED) is 0.325. The standard InChI is InChI=1S/C6H13NO5/c1-2(7)3(8)4(9)5(10)6(11)12/h2-5,8-10H,7H2,1H3,(H,11,12). The van der Waals surface area contributed by atoms with Crippen LogP contribution in [0.4, 0.5) is 0 Å². The summed E-state index contributed by atoms with van der Waals surface area (Å²) in [6.45, 7) is 1.39. The van der Waals surface area contributed by atoms with Crippen LogP contribution in [0.25, 0.3) is 0 Å². The summed E-state index contributed by atoms with van der Waals surface area (Å²) in [5.74, 6) is -1.60. The molecule has 0 heterocycles. The first kappa shape index (κ1) is 11.3. The van der Waals surface area contributed by atoms with E-state index in [1.54, 1.807) is 0 Å². The monoisotopic (exact) mass is 179 g/mol. The van der Waals surface area contributed by atoms with E-state index in [4.69, 9.17) is 26.2 Å². The van der Waals surface area contributed by atoms with E-state index in [0.29, 0.717) is 0 Å². The third-order valence-corrected chi connectivity index (χ3v) is 1.47. The number of aliphatic carboxylic acids is 1. The molecule has 4 atom stereocenters. The first-order valence-corrected chi connectivity index (χ1v) is 3.40. The maximum atomic E-state index is 10.1. The van der Waals surface area contributed by atoms with E-state index in [1.807, 2.05) is 0 Å². The summed E-state index contributed by atoms with van der Waals surface area (Å²) >= 11 is 0. The molecule has 0 fully saturated rings. The molecule has 6 heteroatoms. The van der Waals surface area contributed by atoms with Crippen molar-refractivity contribution in [2.24, 2.45) is 5.73 Å². The summed E-state index contributed by atoms with van der Waals surface area (Å²) in [5, 5.41) is 35.0. The molecular weight excluding hydrogens is 166 g/mol. The molecule has 0 aromatic heterocycles. The number of hydrogen-bond donors (Lipinski definition) is 5. The number of aliphatic hydroxyl groups excluding tert-OH is 3. The molecule has 0 aliphatic rings. The number of carbonyl (C=O) groups is 1. The average Bonchev–Trinajstić information content (AvgIpc) is 2.00. The Bertz CT molecular complexity index is 160. The van der Waals surface area contributed by atoms with Gasteiger partial charge in [0, 0.05) is 6.04 Å². The molecule has 0 amide bonds. The Hall–Kier alpha value is -0.690. The topological polar surface area (TPSA) is 124 Å². The second-order valence-electron chi connectivity index (χ2n) is 2.62. The van der Waals surface area contributed by atoms with Gasteiger partial charge in [-0.2, -0.15) is 0 Å². The van der Waals surface area contributed by atoms with Crippen molar-refractivity contribution in [3.8, 4) is 0 Å². The fourth-order valence-corrected chi connectivity index (χ4v) is 0.644. The van der Waals surface area contributed by atoms with Gasteiger partial charge in [-0.05, 0) is 6.92 Å². The summed E-state index contributed by atoms with van der Waals surface area (Å²) in [4.78, 5) is 10.1. The van der Waals surface area contributed by atoms with Crippen molar-refractivity contribution >= 4 is 5.97 Å². The van der Waals surface area contributed by atoms with Crippen molar-refractivity contribution in [3.05, 3.63) is 0 Å². The molecule has 6 nitrogen and oxygen atoms in total. The number of carboxylic acids is 1. The maximum absolute atomic E-state index is 10.1. The molecule has 0 aromatic carbocycles. The first-order valence-electron chi connectivity index (χ1n) is 3.40. The van der Waals surface area contributed by atoms with Crippen LogP contribution in [0.3, 0.4) is 0 Å². The van der Waals surface area contributed by atoms with Crippen molar-refractivity contribution in [1.29, 1.82) is 0 Å². The van der Waals surface area contributed by atoms with E-state index in [-0.39, 0.29) is 0 Å². The van der Waals surface area contributed by atoms with E-state index in [1.165, 1.54) is 6.92 Å². The Kier molecular flexibility index (Phi) is 4.11. The van der Waals surface area contributed by atoms with E-state index < -0.39 is 30.3 Å². The lowest BCUT2D eigenvalue weighted by atomic mass is 10.0. The molecule has 0 spiro atoms. The Morgan fingerprint density at radius 3 is 1.92 bits per heavy atom. The molecule has 12 heavy (non-hydrogen) atoms. The van der Waals surface area contributed by atoms with Gasteiger partial charge in [0.15, 0.2) is 6.10 Å². The molecule has 0 aromatic rings. The molecule has 0 bridgehead atoms. The summed E-state index contributed by atoms with van der Waals surface area (Å²) in [7, 11) is 0. The molecule has 0 radical (unpaired) electrons. The normalized spacial score (nSPS) is 21.1. The number of carboxylic acid groups (broad SMARTS) is 1. The highest BCUT2D eigenvalue weighted by molar-refractivity contribution is 5.72. The van der Waals surface area contributed by atoms with Crippen LogP contribution >= 0.6 is 0 Å². The van der Waals surface area contributed by atoms with Crippen molar-refractivity contribution in [1.82, 2.24) is 0 Å². The lowest BCUT2D eigenvalue weighted by Gasteiger charge is -2.22. The fourth-order valence-electron chi connectivity index (χ4n) is 0.644. The predicted molar refractivity (Wildman–Crippen MR) is 39.3 cm³/mol. The molecule has 0 saturated carbocycles. The van der Waals surface area contributed by atoms with Crippen LogP contribution in [0, 0.1) is 0 Å². The highest BCUT2D eigenvalue weighted by Gasteiger charge is 2.31. The molecule has 0 rings (SSSR count). The van der Waals surface area contributed by atoms with Crippen LogP contribution in [0.1, 0.15) is 6.92 Å². The third-order valence-electron chi connectivity index (χ3n) is 1.47. The Morgan fingerprint density at radius 2 is 1.67 bits per heavy atom. The SMILES string of the molecule is CC(N)C(O)C(O)C(O)C(=O)O. The number of rotatable bonds is 4. The van der Waals surface area contributed by atoms with E-state index in [2.05, 4.69) is 0 Å². The minimum absolute atomic E-state index is 0.797. The van der Waals surface area contributed by atoms with Gasteiger partial charge in [0.2, 0.25) is 0 Å². The number of hydrogen-bond acceptors (Lipinski definition) is 5. The van der Waals surface area contributed by atoms with Gasteiger partial charge in [-0.3, -0.25) is 0 Å². The number of nitrogens with two attached hydrogens (primary N) is 1. The van der Waals surface area contributed by atoms with Crippen molar-refractivity contribution < 1.29 is 25.2 Å². The maximum Gasteiger partial charge on any atom is 0.335 e. The van der Waals surface area contributed by atoms with Crippen LogP contribution in [0.5, 0.6) is 0 Å². The molecule has 0 aliphatic heterocycles. The fraction of sp³-hybridized carbons (Fsp3) is 0.833. The lowest BCUT2D eigenvalue weighted by molar-refractivity contribution is -0.158. The summed E-state index contributed by atoms with van der Waals surface area (Å²) in [6, 6.07) is -0.797. The van der Waals surface area contributed by atoms with Crippen molar-refractivity contribution in [2.75, 3.05) is 0 Å². The van der Waals surface area contributed by atoms with Gasteiger partial charge >= 0.3 is 5.97 Å². The summed E-state index contributed by atoms with van der Waals surface area (Å²) in [6.07, 6.45) is -5.22. The van der Waals surface area contributed by atoms with Crippen LogP contribution in [0.15, 0.2) is 0 Å². The zero-order valence-electron chi connectivity index (χ0n) is 6.58. The summed E-state index contributed by atoms with van der Waals surface area (Å²) < 4.78 is 0. The second-order valence-corrected chi connectivity index (χ2v) is 2.62. The van der Waals surface area contributed by atoms with Crippen LogP contribution in [-0.2, 0) is 4.79 Å². The Morgan fingerprint density at radius 1 is 1.25 bits per heavy atom. The highest BCUT2D eigenvalue weighted by Crippen LogP contribution is 2.03. The van der Waals surface area contributed by atoms with Gasteiger partial charge in [-0.25, -0.2) is 4.79 Å². The first-order chi connectivity index (χ1) is 5.37. The van der Waals surface area contributed by atoms with Gasteiger partial charge in [-0.15, -0.1) is 0 Å². The highest BCUT2D eigenvalue weighted by atomic mass is 16.4. The van der Waals surface area contributed by atoms with Gasteiger partial charge in [0.1, 0.15) is 6.10 Å². The van der Waals surface area contributed by atoms with E-state index in [9.17, 15) is 4.79 Å².